The van der Waals surface area contributed by atoms with Crippen molar-refractivity contribution in [3.63, 3.8) is 0 Å². The Bertz CT molecular complexity index is 1560. The van der Waals surface area contributed by atoms with Gasteiger partial charge in [0.15, 0.2) is 11.5 Å². The molecule has 1 aliphatic carbocycles. The first kappa shape index (κ1) is 33.1. The van der Waals surface area contributed by atoms with Crippen molar-refractivity contribution in [1.29, 1.82) is 0 Å². The first-order valence-corrected chi connectivity index (χ1v) is 16.6. The number of phenolic OH excluding ortho intramolecular Hbond substituents is 1. The molecule has 2 amide bonds. The van der Waals surface area contributed by atoms with Crippen LogP contribution in [-0.2, 0) is 14.2 Å². The molecule has 0 bridgehead atoms. The molecule has 4 atom stereocenters. The van der Waals surface area contributed by atoms with Gasteiger partial charge in [-0.1, -0.05) is 50.0 Å². The molecule has 2 saturated heterocycles. The number of imide groups is 1. The lowest BCUT2D eigenvalue weighted by molar-refractivity contribution is -0.384. The van der Waals surface area contributed by atoms with Crippen LogP contribution in [0.1, 0.15) is 64.4 Å². The van der Waals surface area contributed by atoms with E-state index in [1.54, 1.807) is 6.07 Å². The second-order valence-electron chi connectivity index (χ2n) is 12.0. The topological polar surface area (TPSA) is 139 Å². The van der Waals surface area contributed by atoms with Crippen LogP contribution in [0.4, 0.5) is 11.4 Å². The van der Waals surface area contributed by atoms with Gasteiger partial charge in [-0.25, -0.2) is 4.90 Å². The maximum absolute atomic E-state index is 14.0. The number of carbonyl (C=O) groups excluding carboxylic acids is 2. The molecule has 2 heterocycles. The maximum atomic E-state index is 14.0. The van der Waals surface area contributed by atoms with E-state index < -0.39 is 30.0 Å². The molecule has 2 N–H and O–H groups in total. The van der Waals surface area contributed by atoms with Crippen molar-refractivity contribution in [3.05, 3.63) is 72.4 Å². The molecule has 45 heavy (non-hydrogen) atoms. The number of aromatic hydroxyl groups is 1. The number of non-ortho nitro benzene ring substituents is 1. The Balaban J connectivity index is 1.45. The van der Waals surface area contributed by atoms with E-state index in [9.17, 15) is 29.8 Å². The number of ether oxygens (including phenoxy) is 1. The van der Waals surface area contributed by atoms with Crippen LogP contribution in [0.5, 0.6) is 11.5 Å². The van der Waals surface area contributed by atoms with Crippen LogP contribution in [0.3, 0.4) is 0 Å². The average Bonchev–Trinajstić information content (AvgIpc) is 3.26. The van der Waals surface area contributed by atoms with Crippen molar-refractivity contribution in [2.24, 2.45) is 17.8 Å². The van der Waals surface area contributed by atoms with E-state index in [0.717, 1.165) is 47.3 Å². The number of hydrogen-bond acceptors (Lipinski definition) is 8. The molecule has 2 aliphatic heterocycles. The van der Waals surface area contributed by atoms with Gasteiger partial charge in [0.2, 0.25) is 11.8 Å². The summed E-state index contributed by atoms with van der Waals surface area (Å²) in [5.41, 5.74) is 4.26. The minimum Gasteiger partial charge on any atom is -0.504 e. The molecular weight excluding hydrogens is 690 g/mol. The summed E-state index contributed by atoms with van der Waals surface area (Å²) in [4.78, 5) is 39.7. The number of fused-ring (bicyclic) bond motifs is 3. The fraction of sp³-hybridized carbons (Fsp3) is 0.455. The fourth-order valence-electron chi connectivity index (χ4n) is 7.28. The highest BCUT2D eigenvalue weighted by atomic mass is 127. The van der Waals surface area contributed by atoms with Gasteiger partial charge in [0.05, 0.1) is 39.2 Å². The Kier molecular flexibility index (Phi) is 10.3. The first-order chi connectivity index (χ1) is 21.6. The van der Waals surface area contributed by atoms with Crippen LogP contribution in [-0.4, -0.2) is 47.2 Å². The van der Waals surface area contributed by atoms with E-state index in [2.05, 4.69) is 42.5 Å². The van der Waals surface area contributed by atoms with Gasteiger partial charge in [-0.15, -0.1) is 0 Å². The number of amides is 2. The number of nitro benzene ring substituents is 1. The summed E-state index contributed by atoms with van der Waals surface area (Å²) < 4.78 is 12.2. The highest BCUT2D eigenvalue weighted by molar-refractivity contribution is 14.1. The highest BCUT2D eigenvalue weighted by Gasteiger charge is 2.57. The Morgan fingerprint density at radius 3 is 2.64 bits per heavy atom. The number of nitrogens with zero attached hydrogens (tertiary/aromatic N) is 2. The average molecular weight is 728 g/mol. The van der Waals surface area contributed by atoms with Crippen LogP contribution < -0.4 is 9.64 Å². The molecule has 10 nitrogen and oxygen atoms in total. The van der Waals surface area contributed by atoms with Crippen molar-refractivity contribution in [1.82, 2.24) is 0 Å². The zero-order valence-corrected chi connectivity index (χ0v) is 27.9. The molecule has 0 spiro atoms. The first-order valence-electron chi connectivity index (χ1n) is 15.5. The Morgan fingerprint density at radius 2 is 1.96 bits per heavy atom. The lowest BCUT2D eigenvalue weighted by Crippen LogP contribution is -2.46. The third-order valence-corrected chi connectivity index (χ3v) is 9.92. The maximum Gasteiger partial charge on any atom is 0.455 e. The van der Waals surface area contributed by atoms with Crippen molar-refractivity contribution in [2.45, 2.75) is 71.2 Å². The molecule has 2 aromatic rings. The monoisotopic (exact) mass is 728 g/mol. The number of hydrogen-bond donors (Lipinski definition) is 2. The van der Waals surface area contributed by atoms with Crippen LogP contribution in [0, 0.1) is 31.4 Å². The second kappa shape index (κ2) is 14.0. The van der Waals surface area contributed by atoms with E-state index in [4.69, 9.17) is 9.39 Å². The number of phenols is 1. The van der Waals surface area contributed by atoms with Gasteiger partial charge < -0.3 is 19.5 Å². The van der Waals surface area contributed by atoms with Crippen LogP contribution in [0.2, 0.25) is 6.32 Å². The summed E-state index contributed by atoms with van der Waals surface area (Å²) in [6, 6.07) is 9.35. The van der Waals surface area contributed by atoms with Crippen LogP contribution in [0.25, 0.3) is 6.08 Å². The zero-order valence-electron chi connectivity index (χ0n) is 25.7. The number of nitro groups is 1. The molecule has 3 aliphatic rings. The molecule has 5 rings (SSSR count). The molecule has 0 aromatic heterocycles. The van der Waals surface area contributed by atoms with E-state index in [1.165, 1.54) is 30.9 Å². The van der Waals surface area contributed by atoms with Crippen LogP contribution >= 0.6 is 22.6 Å². The Morgan fingerprint density at radius 1 is 1.18 bits per heavy atom. The minimum absolute atomic E-state index is 0.109. The van der Waals surface area contributed by atoms with E-state index >= 15 is 0 Å². The summed E-state index contributed by atoms with van der Waals surface area (Å²) in [7, 11) is 0.442. The van der Waals surface area contributed by atoms with Crippen molar-refractivity contribution < 1.29 is 34.0 Å². The van der Waals surface area contributed by atoms with Crippen LogP contribution in [0.15, 0.2) is 53.1 Å². The second-order valence-corrected chi connectivity index (χ2v) is 13.2. The van der Waals surface area contributed by atoms with Crippen molar-refractivity contribution >= 4 is 59.0 Å². The quantitative estimate of drug-likeness (QED) is 0.0653. The summed E-state index contributed by atoms with van der Waals surface area (Å²) >= 11 is 2.08. The zero-order chi connectivity index (χ0) is 32.4. The largest absolute Gasteiger partial charge is 0.504 e. The third kappa shape index (κ3) is 6.68. The van der Waals surface area contributed by atoms with Gasteiger partial charge in [-0.05, 0) is 96.3 Å². The molecule has 12 heteroatoms. The summed E-state index contributed by atoms with van der Waals surface area (Å²) in [5.74, 6) is -1.81. The SMILES string of the molecule is CCCC1=C2[C@@H](CC/C(=C/c3cc(I)c(O)c(OC)c3)CCC)OB(O)C[C@@H]2[C@@H]2C(=O)N(c3cccc([N+](=O)[O-])c3)C(=O)[C@@H]2C1. The van der Waals surface area contributed by atoms with E-state index in [0.29, 0.717) is 28.6 Å². The van der Waals surface area contributed by atoms with Gasteiger partial charge >= 0.3 is 7.12 Å². The molecular formula is C33H38BIN2O8. The van der Waals surface area contributed by atoms with Gasteiger partial charge in [0.1, 0.15) is 0 Å². The number of methoxy groups -OCH3 is 1. The minimum atomic E-state index is -1.08. The number of anilines is 1. The predicted molar refractivity (Wildman–Crippen MR) is 180 cm³/mol. The smallest absolute Gasteiger partial charge is 0.455 e. The van der Waals surface area contributed by atoms with E-state index in [-0.39, 0.29) is 41.2 Å². The lowest BCUT2D eigenvalue weighted by atomic mass is 9.58. The number of carbonyl (C=O) groups is 2. The van der Waals surface area contributed by atoms with E-state index in [1.807, 2.05) is 12.1 Å². The van der Waals surface area contributed by atoms with Gasteiger partial charge in [-0.3, -0.25) is 19.7 Å². The summed E-state index contributed by atoms with van der Waals surface area (Å²) in [6.45, 7) is 4.19. The highest BCUT2D eigenvalue weighted by Crippen LogP contribution is 2.52. The lowest BCUT2D eigenvalue weighted by Gasteiger charge is -2.43. The molecule has 0 unspecified atom stereocenters. The van der Waals surface area contributed by atoms with Gasteiger partial charge in [0, 0.05) is 12.1 Å². The Labute approximate surface area is 276 Å². The number of allylic oxidation sites excluding steroid dienone is 2. The molecule has 2 fully saturated rings. The van der Waals surface area contributed by atoms with Crippen molar-refractivity contribution in [3.8, 4) is 11.5 Å². The predicted octanol–water partition coefficient (Wildman–Crippen LogP) is 6.68. The number of halogens is 1. The summed E-state index contributed by atoms with van der Waals surface area (Å²) in [5, 5.41) is 32.6. The normalized spacial score (nSPS) is 23.4. The van der Waals surface area contributed by atoms with Gasteiger partial charge in [0.25, 0.3) is 5.69 Å². The Hall–Kier alpha value is -3.23. The third-order valence-electron chi connectivity index (χ3n) is 9.10. The number of benzene rings is 2. The fourth-order valence-corrected chi connectivity index (χ4v) is 7.90. The standard InChI is InChI=1S/C33H38BIN2O8/c1-4-7-19(13-20-14-26(35)31(38)28(15-20)44-3)11-12-27-29-21(8-5-2)16-24-30(25(29)18-34(41)45-27)33(40)36(32(24)39)22-9-6-10-23(17-22)37(42)43/h6,9-10,13-15,17,24-25,27,30,38,41H,4-5,7-8,11-12,16,18H2,1-3H3/b19-13+/t24-,25+,27-,30-/m1/s1. The number of rotatable bonds is 11. The molecule has 2 aromatic carbocycles. The van der Waals surface area contributed by atoms with Gasteiger partial charge in [-0.2, -0.15) is 0 Å². The summed E-state index contributed by atoms with van der Waals surface area (Å²) in [6.07, 6.45) is 7.05. The molecule has 0 radical (unpaired) electrons. The molecule has 238 valence electrons. The molecule has 0 saturated carbocycles. The van der Waals surface area contributed by atoms with Crippen molar-refractivity contribution in [2.75, 3.05) is 12.0 Å².